The van der Waals surface area contributed by atoms with E-state index in [1.165, 1.54) is 25.7 Å². The minimum Gasteiger partial charge on any atom is -0.326 e. The molecule has 2 rings (SSSR count). The first-order chi connectivity index (χ1) is 8.13. The van der Waals surface area contributed by atoms with Gasteiger partial charge >= 0.3 is 0 Å². The van der Waals surface area contributed by atoms with Gasteiger partial charge in [-0.05, 0) is 31.6 Å². The van der Waals surface area contributed by atoms with E-state index in [1.807, 2.05) is 0 Å². The van der Waals surface area contributed by atoms with Gasteiger partial charge < -0.3 is 4.90 Å². The molecule has 1 saturated heterocycles. The number of carbonyl (C=O) groups excluding carboxylic acids is 1. The third kappa shape index (κ3) is 2.65. The highest BCUT2D eigenvalue weighted by Gasteiger charge is 2.37. The predicted molar refractivity (Wildman–Crippen MR) is 69.5 cm³/mol. The Morgan fingerprint density at radius 1 is 1.29 bits per heavy atom. The largest absolute Gasteiger partial charge is 0.326 e. The maximum Gasteiger partial charge on any atom is 0.241 e. The van der Waals surface area contributed by atoms with Crippen molar-refractivity contribution in [1.82, 2.24) is 10.2 Å². The molecule has 2 fully saturated rings. The van der Waals surface area contributed by atoms with Crippen molar-refractivity contribution in [3.05, 3.63) is 0 Å². The van der Waals surface area contributed by atoms with E-state index < -0.39 is 0 Å². The van der Waals surface area contributed by atoms with Crippen molar-refractivity contribution in [1.29, 1.82) is 0 Å². The van der Waals surface area contributed by atoms with Crippen LogP contribution in [0.3, 0.4) is 0 Å². The molecular weight excluding hydrogens is 212 g/mol. The molecule has 3 nitrogen and oxygen atoms in total. The quantitative estimate of drug-likeness (QED) is 0.818. The third-order valence-electron chi connectivity index (χ3n) is 4.62. The predicted octanol–water partition coefficient (Wildman–Crippen LogP) is 2.37. The van der Waals surface area contributed by atoms with Crippen LogP contribution < -0.4 is 5.32 Å². The minimum atomic E-state index is 0.0592. The zero-order chi connectivity index (χ0) is 12.4. The standard InChI is InChI=1S/C14H26N2O/c1-4-13-14(17)16(11(3)15-13)9-12-8-6-5-7-10(12)2/h10-13,15H,4-9H2,1-3H3. The SMILES string of the molecule is CCC1NC(C)N(CC2CCCCC2C)C1=O. The number of carbonyl (C=O) groups is 1. The molecule has 1 heterocycles. The van der Waals surface area contributed by atoms with Gasteiger partial charge in [-0.25, -0.2) is 0 Å². The van der Waals surface area contributed by atoms with Gasteiger partial charge in [0.1, 0.15) is 0 Å². The highest BCUT2D eigenvalue weighted by atomic mass is 16.2. The molecule has 0 spiro atoms. The molecule has 0 bridgehead atoms. The van der Waals surface area contributed by atoms with Crippen molar-refractivity contribution >= 4 is 5.91 Å². The molecule has 98 valence electrons. The molecule has 3 heteroatoms. The molecule has 1 aliphatic carbocycles. The molecular formula is C14H26N2O. The molecule has 4 unspecified atom stereocenters. The fourth-order valence-corrected chi connectivity index (χ4v) is 3.30. The van der Waals surface area contributed by atoms with Gasteiger partial charge in [0.2, 0.25) is 5.91 Å². The molecule has 4 atom stereocenters. The van der Waals surface area contributed by atoms with Crippen molar-refractivity contribution < 1.29 is 4.79 Å². The van der Waals surface area contributed by atoms with Crippen LogP contribution in [0.2, 0.25) is 0 Å². The Hall–Kier alpha value is -0.570. The topological polar surface area (TPSA) is 32.3 Å². The van der Waals surface area contributed by atoms with Crippen LogP contribution in [0.1, 0.15) is 52.9 Å². The molecule has 1 aliphatic heterocycles. The Bertz CT molecular complexity index is 279. The van der Waals surface area contributed by atoms with Gasteiger partial charge in [0.05, 0.1) is 12.2 Å². The maximum absolute atomic E-state index is 12.2. The lowest BCUT2D eigenvalue weighted by molar-refractivity contribution is -0.130. The summed E-state index contributed by atoms with van der Waals surface area (Å²) >= 11 is 0. The van der Waals surface area contributed by atoms with Crippen LogP contribution in [-0.2, 0) is 4.79 Å². The number of hydrogen-bond acceptors (Lipinski definition) is 2. The second-order valence-corrected chi connectivity index (χ2v) is 5.82. The third-order valence-corrected chi connectivity index (χ3v) is 4.62. The molecule has 17 heavy (non-hydrogen) atoms. The van der Waals surface area contributed by atoms with Crippen LogP contribution in [-0.4, -0.2) is 29.6 Å². The highest BCUT2D eigenvalue weighted by Crippen LogP contribution is 2.31. The molecule has 2 aliphatic rings. The summed E-state index contributed by atoms with van der Waals surface area (Å²) < 4.78 is 0. The van der Waals surface area contributed by atoms with Gasteiger partial charge in [-0.2, -0.15) is 0 Å². The summed E-state index contributed by atoms with van der Waals surface area (Å²) in [6.07, 6.45) is 6.48. The Kier molecular flexibility index (Phi) is 4.08. The summed E-state index contributed by atoms with van der Waals surface area (Å²) in [6, 6.07) is 0.0592. The second-order valence-electron chi connectivity index (χ2n) is 5.82. The lowest BCUT2D eigenvalue weighted by Gasteiger charge is -2.33. The number of nitrogens with one attached hydrogen (secondary N) is 1. The smallest absolute Gasteiger partial charge is 0.241 e. The summed E-state index contributed by atoms with van der Waals surface area (Å²) in [4.78, 5) is 14.3. The van der Waals surface area contributed by atoms with Crippen molar-refractivity contribution in [2.24, 2.45) is 11.8 Å². The van der Waals surface area contributed by atoms with Crippen LogP contribution in [0.15, 0.2) is 0 Å². The Balaban J connectivity index is 1.95. The number of hydrogen-bond donors (Lipinski definition) is 1. The Morgan fingerprint density at radius 3 is 2.59 bits per heavy atom. The van der Waals surface area contributed by atoms with E-state index in [9.17, 15) is 4.79 Å². The van der Waals surface area contributed by atoms with Crippen LogP contribution >= 0.6 is 0 Å². The van der Waals surface area contributed by atoms with Crippen LogP contribution in [0.4, 0.5) is 0 Å². The van der Waals surface area contributed by atoms with Gasteiger partial charge in [0.15, 0.2) is 0 Å². The summed E-state index contributed by atoms with van der Waals surface area (Å²) in [6.45, 7) is 7.50. The van der Waals surface area contributed by atoms with Crippen LogP contribution in [0.25, 0.3) is 0 Å². The van der Waals surface area contributed by atoms with Gasteiger partial charge in [-0.3, -0.25) is 10.1 Å². The molecule has 0 aromatic heterocycles. The fourth-order valence-electron chi connectivity index (χ4n) is 3.30. The van der Waals surface area contributed by atoms with E-state index in [-0.39, 0.29) is 12.2 Å². The second kappa shape index (κ2) is 5.38. The van der Waals surface area contributed by atoms with Gasteiger partial charge in [-0.1, -0.05) is 33.1 Å². The van der Waals surface area contributed by atoms with E-state index >= 15 is 0 Å². The molecule has 0 aromatic rings. The number of rotatable bonds is 3. The van der Waals surface area contributed by atoms with Crippen molar-refractivity contribution in [2.75, 3.05) is 6.54 Å². The van der Waals surface area contributed by atoms with E-state index in [0.717, 1.165) is 18.9 Å². The van der Waals surface area contributed by atoms with Crippen LogP contribution in [0.5, 0.6) is 0 Å². The van der Waals surface area contributed by atoms with Gasteiger partial charge in [0, 0.05) is 6.54 Å². The highest BCUT2D eigenvalue weighted by molar-refractivity contribution is 5.84. The normalized spacial score (nSPS) is 38.8. The average Bonchev–Trinajstić information content (AvgIpc) is 2.59. The molecule has 1 saturated carbocycles. The zero-order valence-electron chi connectivity index (χ0n) is 11.4. The van der Waals surface area contributed by atoms with Gasteiger partial charge in [0.25, 0.3) is 0 Å². The first-order valence-electron chi connectivity index (χ1n) is 7.20. The Morgan fingerprint density at radius 2 is 2.00 bits per heavy atom. The summed E-state index contributed by atoms with van der Waals surface area (Å²) in [5.41, 5.74) is 0. The first kappa shape index (κ1) is 12.9. The molecule has 1 amide bonds. The summed E-state index contributed by atoms with van der Waals surface area (Å²) in [5.74, 6) is 1.81. The Labute approximate surface area is 105 Å². The van der Waals surface area contributed by atoms with Crippen LogP contribution in [0, 0.1) is 11.8 Å². The number of amides is 1. The average molecular weight is 238 g/mol. The van der Waals surface area contributed by atoms with Crippen molar-refractivity contribution in [3.63, 3.8) is 0 Å². The monoisotopic (exact) mass is 238 g/mol. The van der Waals surface area contributed by atoms with E-state index in [4.69, 9.17) is 0 Å². The molecule has 0 radical (unpaired) electrons. The maximum atomic E-state index is 12.2. The lowest BCUT2D eigenvalue weighted by atomic mass is 9.80. The van der Waals surface area contributed by atoms with Crippen molar-refractivity contribution in [3.8, 4) is 0 Å². The lowest BCUT2D eigenvalue weighted by Crippen LogP contribution is -2.40. The molecule has 0 aromatic carbocycles. The van der Waals surface area contributed by atoms with E-state index in [2.05, 4.69) is 31.0 Å². The summed E-state index contributed by atoms with van der Waals surface area (Å²) in [7, 11) is 0. The van der Waals surface area contributed by atoms with Gasteiger partial charge in [-0.15, -0.1) is 0 Å². The van der Waals surface area contributed by atoms with Crippen molar-refractivity contribution in [2.45, 2.75) is 65.1 Å². The fraction of sp³-hybridized carbons (Fsp3) is 0.929. The molecule has 1 N–H and O–H groups in total. The van der Waals surface area contributed by atoms with E-state index in [0.29, 0.717) is 11.8 Å². The zero-order valence-corrected chi connectivity index (χ0v) is 11.4. The minimum absolute atomic E-state index is 0.0592. The summed E-state index contributed by atoms with van der Waals surface area (Å²) in [5, 5.41) is 3.38. The first-order valence-corrected chi connectivity index (χ1v) is 7.20. The number of nitrogens with zero attached hydrogens (tertiary/aromatic N) is 1. The van der Waals surface area contributed by atoms with E-state index in [1.54, 1.807) is 0 Å².